The third kappa shape index (κ3) is 9.20. The number of benzene rings is 3. The number of nitrogens with one attached hydrogen (secondary N) is 1. The molecule has 190 valence electrons. The van der Waals surface area contributed by atoms with E-state index in [4.69, 9.17) is 23.2 Å². The van der Waals surface area contributed by atoms with Crippen LogP contribution in [0.3, 0.4) is 0 Å². The second kappa shape index (κ2) is 14.3. The summed E-state index contributed by atoms with van der Waals surface area (Å²) in [6.45, 7) is 4.97. The van der Waals surface area contributed by atoms with Crippen molar-refractivity contribution in [3.8, 4) is 0 Å². The summed E-state index contributed by atoms with van der Waals surface area (Å²) in [5.41, 5.74) is 2.98. The Balaban J connectivity index is 1.83. The Morgan fingerprint density at radius 3 is 2.22 bits per heavy atom. The molecule has 0 saturated heterocycles. The lowest BCUT2D eigenvalue weighted by Gasteiger charge is -2.32. The highest BCUT2D eigenvalue weighted by Gasteiger charge is 2.30. The van der Waals surface area contributed by atoms with Gasteiger partial charge in [0.25, 0.3) is 0 Å². The molecule has 0 aliphatic rings. The zero-order valence-corrected chi connectivity index (χ0v) is 23.0. The molecule has 0 aromatic heterocycles. The van der Waals surface area contributed by atoms with Crippen molar-refractivity contribution in [2.75, 3.05) is 12.3 Å². The molecule has 2 amide bonds. The van der Waals surface area contributed by atoms with Gasteiger partial charge in [-0.3, -0.25) is 9.59 Å². The Labute approximate surface area is 228 Å². The zero-order chi connectivity index (χ0) is 25.9. The summed E-state index contributed by atoms with van der Waals surface area (Å²) in [4.78, 5) is 28.8. The van der Waals surface area contributed by atoms with Crippen LogP contribution < -0.4 is 5.32 Å². The second-order valence-electron chi connectivity index (χ2n) is 9.12. The number of amides is 2. The lowest BCUT2D eigenvalue weighted by Crippen LogP contribution is -2.51. The molecule has 7 heteroatoms. The maximum atomic E-state index is 13.6. The van der Waals surface area contributed by atoms with E-state index in [9.17, 15) is 9.59 Å². The third-order valence-electron chi connectivity index (χ3n) is 5.61. The lowest BCUT2D eigenvalue weighted by atomic mass is 10.0. The summed E-state index contributed by atoms with van der Waals surface area (Å²) in [6, 6.07) is 24.2. The average molecular weight is 544 g/mol. The van der Waals surface area contributed by atoms with Crippen molar-refractivity contribution in [3.63, 3.8) is 0 Å². The molecule has 0 radical (unpaired) electrons. The number of hydrogen-bond acceptors (Lipinski definition) is 3. The highest BCUT2D eigenvalue weighted by atomic mass is 35.5. The monoisotopic (exact) mass is 542 g/mol. The SMILES string of the molecule is CC(C)CNC(=O)[C@H](Cc1ccccc1)N(Cc1ccc(Cl)cc1)C(=O)CSCc1cccc(Cl)c1. The van der Waals surface area contributed by atoms with Crippen LogP contribution in [0.15, 0.2) is 78.9 Å². The van der Waals surface area contributed by atoms with Gasteiger partial charge in [-0.15, -0.1) is 11.8 Å². The molecule has 1 atom stereocenters. The summed E-state index contributed by atoms with van der Waals surface area (Å²) in [6.07, 6.45) is 0.434. The van der Waals surface area contributed by atoms with E-state index in [0.717, 1.165) is 16.7 Å². The first-order chi connectivity index (χ1) is 17.3. The minimum atomic E-state index is -0.638. The van der Waals surface area contributed by atoms with Gasteiger partial charge in [-0.05, 0) is 46.9 Å². The standard InChI is InChI=1S/C29H32Cl2N2O2S/c1-21(2)17-32-29(35)27(16-22-7-4-3-5-8-22)33(18-23-11-13-25(30)14-12-23)28(34)20-36-19-24-9-6-10-26(31)15-24/h3-15,21,27H,16-20H2,1-2H3,(H,32,35)/t27-/m0/s1. The zero-order valence-electron chi connectivity index (χ0n) is 20.6. The van der Waals surface area contributed by atoms with Gasteiger partial charge in [0.15, 0.2) is 0 Å². The molecule has 1 N–H and O–H groups in total. The maximum Gasteiger partial charge on any atom is 0.243 e. The van der Waals surface area contributed by atoms with E-state index >= 15 is 0 Å². The van der Waals surface area contributed by atoms with Gasteiger partial charge in [-0.2, -0.15) is 0 Å². The number of nitrogens with zero attached hydrogens (tertiary/aromatic N) is 1. The van der Waals surface area contributed by atoms with E-state index in [2.05, 4.69) is 19.2 Å². The van der Waals surface area contributed by atoms with Crippen LogP contribution in [0.2, 0.25) is 10.0 Å². The first-order valence-electron chi connectivity index (χ1n) is 12.0. The molecule has 4 nitrogen and oxygen atoms in total. The summed E-state index contributed by atoms with van der Waals surface area (Å²) in [7, 11) is 0. The quantitative estimate of drug-likeness (QED) is 0.279. The number of hydrogen-bond donors (Lipinski definition) is 1. The van der Waals surface area contributed by atoms with Crippen LogP contribution in [-0.2, 0) is 28.3 Å². The minimum Gasteiger partial charge on any atom is -0.354 e. The van der Waals surface area contributed by atoms with Gasteiger partial charge in [-0.25, -0.2) is 0 Å². The fourth-order valence-corrected chi connectivity index (χ4v) is 4.93. The van der Waals surface area contributed by atoms with E-state index in [1.165, 1.54) is 11.8 Å². The van der Waals surface area contributed by atoms with Crippen LogP contribution in [0, 0.1) is 5.92 Å². The van der Waals surface area contributed by atoms with Crippen molar-refractivity contribution < 1.29 is 9.59 Å². The first-order valence-corrected chi connectivity index (χ1v) is 13.9. The van der Waals surface area contributed by atoms with Gasteiger partial charge in [0.05, 0.1) is 5.75 Å². The van der Waals surface area contributed by atoms with Gasteiger partial charge in [0.2, 0.25) is 11.8 Å². The molecule has 0 aliphatic carbocycles. The number of rotatable bonds is 12. The predicted octanol–water partition coefficient (Wildman–Crippen LogP) is 6.64. The van der Waals surface area contributed by atoms with E-state index in [0.29, 0.717) is 41.2 Å². The molecule has 0 saturated carbocycles. The largest absolute Gasteiger partial charge is 0.354 e. The van der Waals surface area contributed by atoms with Crippen molar-refractivity contribution in [2.24, 2.45) is 5.92 Å². The summed E-state index contributed by atoms with van der Waals surface area (Å²) < 4.78 is 0. The molecule has 3 aromatic carbocycles. The molecular formula is C29H32Cl2N2O2S. The van der Waals surface area contributed by atoms with Crippen molar-refractivity contribution >= 4 is 46.8 Å². The average Bonchev–Trinajstić information content (AvgIpc) is 2.86. The van der Waals surface area contributed by atoms with Crippen molar-refractivity contribution in [1.29, 1.82) is 0 Å². The Bertz CT molecular complexity index is 1120. The van der Waals surface area contributed by atoms with Crippen LogP contribution in [0.4, 0.5) is 0 Å². The smallest absolute Gasteiger partial charge is 0.243 e. The molecule has 0 spiro atoms. The van der Waals surface area contributed by atoms with Gasteiger partial charge >= 0.3 is 0 Å². The van der Waals surface area contributed by atoms with Gasteiger partial charge in [-0.1, -0.05) is 91.6 Å². The topological polar surface area (TPSA) is 49.4 Å². The molecule has 0 fully saturated rings. The van der Waals surface area contributed by atoms with E-state index in [1.54, 1.807) is 17.0 Å². The Kier molecular flexibility index (Phi) is 11.2. The van der Waals surface area contributed by atoms with Crippen LogP contribution in [0.5, 0.6) is 0 Å². The van der Waals surface area contributed by atoms with Crippen molar-refractivity contribution in [2.45, 2.75) is 38.6 Å². The van der Waals surface area contributed by atoms with Gasteiger partial charge in [0, 0.05) is 35.3 Å². The molecule has 3 aromatic rings. The third-order valence-corrected chi connectivity index (χ3v) is 7.08. The minimum absolute atomic E-state index is 0.0855. The Morgan fingerprint density at radius 2 is 1.56 bits per heavy atom. The van der Waals surface area contributed by atoms with Crippen molar-refractivity contribution in [1.82, 2.24) is 10.2 Å². The number of carbonyl (C=O) groups is 2. The normalized spacial score (nSPS) is 11.8. The fraction of sp³-hybridized carbons (Fsp3) is 0.310. The number of carbonyl (C=O) groups excluding carboxylic acids is 2. The lowest BCUT2D eigenvalue weighted by molar-refractivity contribution is -0.139. The van der Waals surface area contributed by atoms with E-state index in [-0.39, 0.29) is 17.6 Å². The summed E-state index contributed by atoms with van der Waals surface area (Å²) >= 11 is 13.7. The second-order valence-corrected chi connectivity index (χ2v) is 11.0. The van der Waals surface area contributed by atoms with Crippen LogP contribution in [-0.4, -0.2) is 35.1 Å². The van der Waals surface area contributed by atoms with Crippen LogP contribution in [0.25, 0.3) is 0 Å². The van der Waals surface area contributed by atoms with Gasteiger partial charge < -0.3 is 10.2 Å². The first kappa shape index (κ1) is 28.1. The molecule has 0 unspecified atom stereocenters. The summed E-state index contributed by atoms with van der Waals surface area (Å²) in [5.74, 6) is 0.986. The molecule has 3 rings (SSSR count). The molecule has 36 heavy (non-hydrogen) atoms. The van der Waals surface area contributed by atoms with E-state index in [1.807, 2.05) is 66.7 Å². The highest BCUT2D eigenvalue weighted by molar-refractivity contribution is 7.99. The van der Waals surface area contributed by atoms with E-state index < -0.39 is 6.04 Å². The molecule has 0 heterocycles. The fourth-order valence-electron chi connectivity index (χ4n) is 3.73. The predicted molar refractivity (Wildman–Crippen MR) is 151 cm³/mol. The molecule has 0 aliphatic heterocycles. The molecular weight excluding hydrogens is 511 g/mol. The Morgan fingerprint density at radius 1 is 0.861 bits per heavy atom. The number of halogens is 2. The van der Waals surface area contributed by atoms with Crippen LogP contribution in [0.1, 0.15) is 30.5 Å². The summed E-state index contributed by atoms with van der Waals surface area (Å²) in [5, 5.41) is 4.35. The van der Waals surface area contributed by atoms with Gasteiger partial charge in [0.1, 0.15) is 6.04 Å². The maximum absolute atomic E-state index is 13.6. The Hall–Kier alpha value is -2.47. The van der Waals surface area contributed by atoms with Crippen LogP contribution >= 0.6 is 35.0 Å². The molecule has 0 bridgehead atoms. The van der Waals surface area contributed by atoms with Crippen molar-refractivity contribution in [3.05, 3.63) is 106 Å². The number of thioether (sulfide) groups is 1. The highest BCUT2D eigenvalue weighted by Crippen LogP contribution is 2.21.